The first-order valence-electron chi connectivity index (χ1n) is 9.71. The summed E-state index contributed by atoms with van der Waals surface area (Å²) >= 11 is 1.50. The van der Waals surface area contributed by atoms with Crippen molar-refractivity contribution < 1.29 is 18.3 Å². The molecule has 0 amide bonds. The average Bonchev–Trinajstić information content (AvgIpc) is 3.34. The van der Waals surface area contributed by atoms with E-state index in [2.05, 4.69) is 15.2 Å². The lowest BCUT2D eigenvalue weighted by atomic mass is 9.97. The fraction of sp³-hybridized carbons (Fsp3) is 0.333. The third kappa shape index (κ3) is 2.79. The van der Waals surface area contributed by atoms with E-state index in [4.69, 9.17) is 4.74 Å². The molecule has 1 atom stereocenters. The summed E-state index contributed by atoms with van der Waals surface area (Å²) in [5.74, 6) is -0.600. The molecule has 0 radical (unpaired) electrons. The normalized spacial score (nSPS) is 17.1. The molecule has 0 fully saturated rings. The van der Waals surface area contributed by atoms with Crippen LogP contribution in [-0.4, -0.2) is 33.1 Å². The number of nitrogens with zero attached hydrogens (tertiary/aromatic N) is 4. The molecule has 1 aromatic carbocycles. The second-order valence-electron chi connectivity index (χ2n) is 7.30. The van der Waals surface area contributed by atoms with Crippen molar-refractivity contribution in [2.24, 2.45) is 10.9 Å². The molecule has 0 saturated carbocycles. The Kier molecular flexibility index (Phi) is 4.50. The molecule has 1 unspecified atom stereocenters. The number of thiophene rings is 1. The number of ether oxygens (including phenoxy) is 1. The maximum atomic E-state index is 14.7. The minimum absolute atomic E-state index is 0.154. The van der Waals surface area contributed by atoms with Gasteiger partial charge in [-0.1, -0.05) is 6.07 Å². The van der Waals surface area contributed by atoms with Crippen LogP contribution in [0.4, 0.5) is 8.78 Å². The fourth-order valence-electron chi connectivity index (χ4n) is 4.18. The van der Waals surface area contributed by atoms with Crippen LogP contribution >= 0.6 is 11.3 Å². The number of hydrogen-bond donors (Lipinski definition) is 0. The lowest BCUT2D eigenvalue weighted by Gasteiger charge is -2.13. The predicted octanol–water partition coefficient (Wildman–Crippen LogP) is 3.54. The minimum atomic E-state index is -0.672. The number of aliphatic imine (C=N–C) groups is 1. The number of rotatable bonds is 3. The summed E-state index contributed by atoms with van der Waals surface area (Å²) in [7, 11) is 0. The molecule has 154 valence electrons. The predicted molar refractivity (Wildman–Crippen MR) is 107 cm³/mol. The molecular formula is C21H18F2N4O2S. The molecule has 9 heteroatoms. The second-order valence-corrected chi connectivity index (χ2v) is 8.39. The van der Waals surface area contributed by atoms with Gasteiger partial charge in [0.05, 0.1) is 23.8 Å². The van der Waals surface area contributed by atoms with Crippen molar-refractivity contribution in [1.29, 1.82) is 0 Å². The lowest BCUT2D eigenvalue weighted by molar-refractivity contribution is -0.147. The minimum Gasteiger partial charge on any atom is -0.466 e. The van der Waals surface area contributed by atoms with Crippen LogP contribution in [-0.2, 0) is 28.9 Å². The summed E-state index contributed by atoms with van der Waals surface area (Å²) < 4.78 is 36.6. The zero-order chi connectivity index (χ0) is 21.0. The monoisotopic (exact) mass is 428 g/mol. The molecule has 6 nitrogen and oxygen atoms in total. The highest BCUT2D eigenvalue weighted by Crippen LogP contribution is 2.43. The Balaban J connectivity index is 1.72. The van der Waals surface area contributed by atoms with Crippen molar-refractivity contribution in [1.82, 2.24) is 14.8 Å². The number of carbonyl (C=O) groups excluding carboxylic acids is 1. The highest BCUT2D eigenvalue weighted by Gasteiger charge is 2.38. The van der Waals surface area contributed by atoms with Gasteiger partial charge in [0.25, 0.3) is 0 Å². The summed E-state index contributed by atoms with van der Waals surface area (Å²) in [6.07, 6.45) is 0.987. The topological polar surface area (TPSA) is 69.4 Å². The number of carbonyl (C=O) groups is 1. The van der Waals surface area contributed by atoms with Crippen LogP contribution in [0.15, 0.2) is 23.2 Å². The maximum Gasteiger partial charge on any atom is 0.309 e. The fourth-order valence-corrected chi connectivity index (χ4v) is 5.66. The van der Waals surface area contributed by atoms with E-state index in [0.717, 1.165) is 15.4 Å². The number of hydrogen-bond acceptors (Lipinski definition) is 6. The number of esters is 1. The summed E-state index contributed by atoms with van der Waals surface area (Å²) in [6.45, 7) is 4.08. The van der Waals surface area contributed by atoms with Gasteiger partial charge in [0.15, 0.2) is 5.82 Å². The molecule has 5 rings (SSSR count). The van der Waals surface area contributed by atoms with Crippen LogP contribution in [0.3, 0.4) is 0 Å². The zero-order valence-electron chi connectivity index (χ0n) is 16.4. The van der Waals surface area contributed by atoms with Gasteiger partial charge in [-0.3, -0.25) is 14.4 Å². The molecule has 3 aromatic rings. The van der Waals surface area contributed by atoms with Gasteiger partial charge in [0.2, 0.25) is 0 Å². The Morgan fingerprint density at radius 2 is 2.00 bits per heavy atom. The number of fused-ring (bicyclic) bond motifs is 5. The van der Waals surface area contributed by atoms with E-state index in [-0.39, 0.29) is 29.7 Å². The van der Waals surface area contributed by atoms with Gasteiger partial charge in [0.1, 0.15) is 29.0 Å². The van der Waals surface area contributed by atoms with Crippen molar-refractivity contribution >= 4 is 23.0 Å². The Bertz CT molecular complexity index is 1190. The van der Waals surface area contributed by atoms with Gasteiger partial charge >= 0.3 is 5.97 Å². The van der Waals surface area contributed by atoms with E-state index in [0.29, 0.717) is 36.7 Å². The third-order valence-electron chi connectivity index (χ3n) is 5.48. The van der Waals surface area contributed by atoms with Crippen molar-refractivity contribution in [3.8, 4) is 5.00 Å². The van der Waals surface area contributed by atoms with Gasteiger partial charge in [0, 0.05) is 10.4 Å². The first-order valence-corrected chi connectivity index (χ1v) is 10.5. The summed E-state index contributed by atoms with van der Waals surface area (Å²) in [4.78, 5) is 17.9. The molecule has 1 aliphatic heterocycles. The number of aromatic nitrogens is 3. The molecular weight excluding hydrogens is 410 g/mol. The van der Waals surface area contributed by atoms with Crippen molar-refractivity contribution in [3.63, 3.8) is 0 Å². The van der Waals surface area contributed by atoms with Gasteiger partial charge in [-0.25, -0.2) is 8.78 Å². The SMILES string of the molecule is CCOC(=O)C1Cc2sc3c(c2C1)C(c1c(F)cccc1F)=NCc1nnc(C)n1-3. The van der Waals surface area contributed by atoms with Gasteiger partial charge in [-0.05, 0) is 44.4 Å². The molecule has 1 aliphatic carbocycles. The van der Waals surface area contributed by atoms with E-state index < -0.39 is 11.6 Å². The van der Waals surface area contributed by atoms with Crippen LogP contribution in [0.2, 0.25) is 0 Å². The molecule has 0 N–H and O–H groups in total. The number of benzene rings is 1. The molecule has 30 heavy (non-hydrogen) atoms. The second kappa shape index (κ2) is 7.09. The first-order chi connectivity index (χ1) is 14.5. The van der Waals surface area contributed by atoms with Gasteiger partial charge in [-0.2, -0.15) is 0 Å². The van der Waals surface area contributed by atoms with E-state index in [1.54, 1.807) is 6.92 Å². The van der Waals surface area contributed by atoms with E-state index in [1.165, 1.54) is 29.5 Å². The molecule has 0 saturated heterocycles. The smallest absolute Gasteiger partial charge is 0.309 e. The maximum absolute atomic E-state index is 14.7. The first kappa shape index (κ1) is 19.0. The van der Waals surface area contributed by atoms with E-state index in [9.17, 15) is 13.6 Å². The van der Waals surface area contributed by atoms with Gasteiger partial charge < -0.3 is 4.74 Å². The standard InChI is InChI=1S/C21H18F2N4O2S/c1-3-29-21(28)11-7-12-15(8-11)30-20-17(12)19(18-13(22)5-4-6-14(18)23)24-9-16-26-25-10(2)27(16)20/h4-6,11H,3,7-9H2,1-2H3. The summed E-state index contributed by atoms with van der Waals surface area (Å²) in [5, 5.41) is 9.13. The van der Waals surface area contributed by atoms with E-state index >= 15 is 0 Å². The largest absolute Gasteiger partial charge is 0.466 e. The Hall–Kier alpha value is -2.94. The number of halogens is 2. The molecule has 2 aromatic heterocycles. The van der Waals surface area contributed by atoms with Crippen LogP contribution in [0.5, 0.6) is 0 Å². The highest BCUT2D eigenvalue weighted by molar-refractivity contribution is 7.15. The van der Waals surface area contributed by atoms with Gasteiger partial charge in [-0.15, -0.1) is 21.5 Å². The Morgan fingerprint density at radius 1 is 1.23 bits per heavy atom. The molecule has 0 bridgehead atoms. The van der Waals surface area contributed by atoms with Crippen molar-refractivity contribution in [2.75, 3.05) is 6.61 Å². The molecule has 0 spiro atoms. The Morgan fingerprint density at radius 3 is 2.73 bits per heavy atom. The zero-order valence-corrected chi connectivity index (χ0v) is 17.2. The Labute approximate surface area is 175 Å². The average molecular weight is 428 g/mol. The molecule has 3 heterocycles. The van der Waals surface area contributed by atoms with Crippen molar-refractivity contribution in [3.05, 3.63) is 63.0 Å². The lowest BCUT2D eigenvalue weighted by Crippen LogP contribution is -2.19. The van der Waals surface area contributed by atoms with Crippen LogP contribution in [0, 0.1) is 24.5 Å². The number of aryl methyl sites for hydroxylation is 1. The van der Waals surface area contributed by atoms with Crippen molar-refractivity contribution in [2.45, 2.75) is 33.2 Å². The summed E-state index contributed by atoms with van der Waals surface area (Å²) in [5.41, 5.74) is 1.66. The summed E-state index contributed by atoms with van der Waals surface area (Å²) in [6, 6.07) is 3.79. The highest BCUT2D eigenvalue weighted by atomic mass is 32.1. The third-order valence-corrected chi connectivity index (χ3v) is 6.72. The molecule has 2 aliphatic rings. The van der Waals surface area contributed by atoms with Crippen LogP contribution in [0.25, 0.3) is 5.00 Å². The van der Waals surface area contributed by atoms with Crippen LogP contribution in [0.1, 0.15) is 40.1 Å². The van der Waals surface area contributed by atoms with E-state index in [1.807, 2.05) is 11.5 Å². The quantitative estimate of drug-likeness (QED) is 0.599. The van der Waals surface area contributed by atoms with Crippen LogP contribution < -0.4 is 0 Å².